The SMILES string of the molecule is CC(=O)C1=CC(Br)C(=O)N=C1/C=C/N(C)C. The quantitative estimate of drug-likeness (QED) is 0.735. The Kier molecular flexibility index (Phi) is 4.18. The molecule has 0 aromatic carbocycles. The first-order valence-electron chi connectivity index (χ1n) is 4.76. The molecule has 0 saturated carbocycles. The van der Waals surface area contributed by atoms with Crippen LogP contribution in [0.2, 0.25) is 0 Å². The zero-order valence-electron chi connectivity index (χ0n) is 9.40. The maximum atomic E-state index is 11.4. The molecule has 1 atom stereocenters. The molecule has 0 spiro atoms. The van der Waals surface area contributed by atoms with Gasteiger partial charge in [0.15, 0.2) is 5.78 Å². The number of dihydropyridines is 1. The summed E-state index contributed by atoms with van der Waals surface area (Å²) in [5, 5.41) is 0. The number of ketones is 1. The number of nitrogens with zero attached hydrogens (tertiary/aromatic N) is 2. The van der Waals surface area contributed by atoms with Gasteiger partial charge >= 0.3 is 0 Å². The number of halogens is 1. The van der Waals surface area contributed by atoms with Crippen molar-refractivity contribution < 1.29 is 9.59 Å². The van der Waals surface area contributed by atoms with Crippen molar-refractivity contribution >= 4 is 33.3 Å². The summed E-state index contributed by atoms with van der Waals surface area (Å²) < 4.78 is 0. The number of alkyl halides is 1. The lowest BCUT2D eigenvalue weighted by atomic mass is 10.0. The van der Waals surface area contributed by atoms with E-state index in [9.17, 15) is 9.59 Å². The largest absolute Gasteiger partial charge is 0.383 e. The Hall–Kier alpha value is -1.23. The van der Waals surface area contributed by atoms with Crippen LogP contribution in [0.15, 0.2) is 28.9 Å². The predicted octanol–water partition coefficient (Wildman–Crippen LogP) is 1.32. The van der Waals surface area contributed by atoms with Crippen LogP contribution in [0.5, 0.6) is 0 Å². The Bertz CT molecular complexity index is 408. The summed E-state index contributed by atoms with van der Waals surface area (Å²) in [6.07, 6.45) is 4.99. The van der Waals surface area contributed by atoms with Gasteiger partial charge in [0.2, 0.25) is 0 Å². The van der Waals surface area contributed by atoms with E-state index in [-0.39, 0.29) is 11.7 Å². The normalized spacial score (nSPS) is 20.8. The summed E-state index contributed by atoms with van der Waals surface area (Å²) in [6.45, 7) is 1.46. The number of hydrogen-bond donors (Lipinski definition) is 0. The molecule has 1 aliphatic heterocycles. The Morgan fingerprint density at radius 1 is 1.56 bits per heavy atom. The van der Waals surface area contributed by atoms with Crippen molar-refractivity contribution in [3.8, 4) is 0 Å². The molecule has 0 aromatic heterocycles. The Labute approximate surface area is 103 Å². The molecule has 0 bridgehead atoms. The summed E-state index contributed by atoms with van der Waals surface area (Å²) in [6, 6.07) is 0. The van der Waals surface area contributed by atoms with Gasteiger partial charge in [-0.1, -0.05) is 15.9 Å². The molecular formula is C11H13BrN2O2. The fourth-order valence-corrected chi connectivity index (χ4v) is 1.55. The number of Topliss-reactive ketones (excluding diaryl/α,β-unsaturated/α-hetero) is 1. The Balaban J connectivity index is 3.04. The maximum absolute atomic E-state index is 11.4. The van der Waals surface area contributed by atoms with Gasteiger partial charge in [-0.05, 0) is 19.1 Å². The highest BCUT2D eigenvalue weighted by Gasteiger charge is 2.22. The third-order valence-electron chi connectivity index (χ3n) is 1.97. The van der Waals surface area contributed by atoms with Gasteiger partial charge in [-0.3, -0.25) is 9.59 Å². The van der Waals surface area contributed by atoms with Crippen molar-refractivity contribution in [3.63, 3.8) is 0 Å². The van der Waals surface area contributed by atoms with Gasteiger partial charge in [-0.15, -0.1) is 0 Å². The first kappa shape index (κ1) is 12.8. The lowest BCUT2D eigenvalue weighted by Gasteiger charge is -2.13. The molecular weight excluding hydrogens is 272 g/mol. The van der Waals surface area contributed by atoms with Gasteiger partial charge in [0.1, 0.15) is 4.83 Å². The number of carbonyl (C=O) groups is 2. The topological polar surface area (TPSA) is 49.7 Å². The van der Waals surface area contributed by atoms with Gasteiger partial charge in [-0.25, -0.2) is 4.99 Å². The molecule has 86 valence electrons. The lowest BCUT2D eigenvalue weighted by Crippen LogP contribution is -2.22. The van der Waals surface area contributed by atoms with Crippen LogP contribution in [0, 0.1) is 0 Å². The van der Waals surface area contributed by atoms with Crippen molar-refractivity contribution in [1.29, 1.82) is 0 Å². The van der Waals surface area contributed by atoms with Crippen LogP contribution < -0.4 is 0 Å². The molecule has 5 heteroatoms. The van der Waals surface area contributed by atoms with E-state index in [4.69, 9.17) is 0 Å². The number of rotatable bonds is 3. The molecule has 0 fully saturated rings. The smallest absolute Gasteiger partial charge is 0.263 e. The average molecular weight is 285 g/mol. The monoisotopic (exact) mass is 284 g/mol. The number of aliphatic imine (C=N–C) groups is 1. The standard InChI is InChI=1S/C11H13BrN2O2/c1-7(15)8-6-9(12)11(16)13-10(8)4-5-14(2)3/h4-6,9H,1-3H3/b5-4+. The summed E-state index contributed by atoms with van der Waals surface area (Å²) in [5.74, 6) is -0.387. The first-order valence-corrected chi connectivity index (χ1v) is 5.67. The van der Waals surface area contributed by atoms with Crippen LogP contribution in [0.25, 0.3) is 0 Å². The number of hydrogen-bond acceptors (Lipinski definition) is 3. The van der Waals surface area contributed by atoms with E-state index in [1.807, 2.05) is 19.0 Å². The fraction of sp³-hybridized carbons (Fsp3) is 0.364. The van der Waals surface area contributed by atoms with Crippen molar-refractivity contribution in [1.82, 2.24) is 4.90 Å². The minimum absolute atomic E-state index is 0.0980. The second-order valence-corrected chi connectivity index (χ2v) is 4.64. The average Bonchev–Trinajstić information content (AvgIpc) is 2.18. The number of amides is 1. The third kappa shape index (κ3) is 3.13. The summed E-state index contributed by atoms with van der Waals surface area (Å²) in [7, 11) is 3.71. The summed E-state index contributed by atoms with van der Waals surface area (Å²) in [5.41, 5.74) is 0.890. The van der Waals surface area contributed by atoms with Crippen LogP contribution in [0.3, 0.4) is 0 Å². The molecule has 1 heterocycles. The second-order valence-electron chi connectivity index (χ2n) is 3.65. The number of carbonyl (C=O) groups excluding carboxylic acids is 2. The van der Waals surface area contributed by atoms with E-state index in [1.165, 1.54) is 6.92 Å². The van der Waals surface area contributed by atoms with Crippen molar-refractivity contribution in [2.24, 2.45) is 4.99 Å². The highest BCUT2D eigenvalue weighted by molar-refractivity contribution is 9.10. The van der Waals surface area contributed by atoms with E-state index in [0.717, 1.165) is 0 Å². The molecule has 0 radical (unpaired) electrons. The second kappa shape index (κ2) is 5.21. The highest BCUT2D eigenvalue weighted by Crippen LogP contribution is 2.16. The minimum Gasteiger partial charge on any atom is -0.383 e. The molecule has 16 heavy (non-hydrogen) atoms. The summed E-state index contributed by atoms with van der Waals surface area (Å²) >= 11 is 3.15. The number of allylic oxidation sites excluding steroid dienone is 2. The highest BCUT2D eigenvalue weighted by atomic mass is 79.9. The molecule has 0 N–H and O–H groups in total. The molecule has 1 unspecified atom stereocenters. The van der Waals surface area contributed by atoms with E-state index < -0.39 is 4.83 Å². The molecule has 1 aliphatic rings. The molecule has 1 amide bonds. The predicted molar refractivity (Wildman–Crippen MR) is 66.7 cm³/mol. The van der Waals surface area contributed by atoms with Gasteiger partial charge in [0.25, 0.3) is 5.91 Å². The zero-order chi connectivity index (χ0) is 12.3. The molecule has 0 aliphatic carbocycles. The van der Waals surface area contributed by atoms with Crippen LogP contribution >= 0.6 is 15.9 Å². The summed E-state index contributed by atoms with van der Waals surface area (Å²) in [4.78, 5) is 27.9. The zero-order valence-corrected chi connectivity index (χ0v) is 11.0. The maximum Gasteiger partial charge on any atom is 0.263 e. The first-order chi connectivity index (χ1) is 7.41. The van der Waals surface area contributed by atoms with Gasteiger partial charge in [0, 0.05) is 25.9 Å². The minimum atomic E-state index is -0.497. The molecule has 0 saturated heterocycles. The van der Waals surface area contributed by atoms with Gasteiger partial charge in [0.05, 0.1) is 5.71 Å². The lowest BCUT2D eigenvalue weighted by molar-refractivity contribution is -0.116. The van der Waals surface area contributed by atoms with Gasteiger partial charge < -0.3 is 4.90 Å². The Morgan fingerprint density at radius 2 is 2.19 bits per heavy atom. The molecule has 1 rings (SSSR count). The third-order valence-corrected chi connectivity index (χ3v) is 2.62. The van der Waals surface area contributed by atoms with Gasteiger partial charge in [-0.2, -0.15) is 0 Å². The Morgan fingerprint density at radius 3 is 2.69 bits per heavy atom. The van der Waals surface area contributed by atoms with Crippen molar-refractivity contribution in [3.05, 3.63) is 23.9 Å². The van der Waals surface area contributed by atoms with E-state index in [0.29, 0.717) is 11.3 Å². The van der Waals surface area contributed by atoms with Crippen molar-refractivity contribution in [2.75, 3.05) is 14.1 Å². The van der Waals surface area contributed by atoms with Crippen molar-refractivity contribution in [2.45, 2.75) is 11.8 Å². The van der Waals surface area contributed by atoms with Crippen LogP contribution in [0.4, 0.5) is 0 Å². The van der Waals surface area contributed by atoms with Crippen LogP contribution in [-0.4, -0.2) is 41.2 Å². The van der Waals surface area contributed by atoms with E-state index in [2.05, 4.69) is 20.9 Å². The van der Waals surface area contributed by atoms with Crippen LogP contribution in [-0.2, 0) is 9.59 Å². The fourth-order valence-electron chi connectivity index (χ4n) is 1.19. The molecule has 4 nitrogen and oxygen atoms in total. The van der Waals surface area contributed by atoms with E-state index >= 15 is 0 Å². The van der Waals surface area contributed by atoms with E-state index in [1.54, 1.807) is 18.4 Å². The van der Waals surface area contributed by atoms with Crippen LogP contribution in [0.1, 0.15) is 6.92 Å². The molecule has 0 aromatic rings.